The van der Waals surface area contributed by atoms with E-state index in [1.807, 2.05) is 13.2 Å². The van der Waals surface area contributed by atoms with Crippen molar-refractivity contribution in [1.82, 2.24) is 9.78 Å². The van der Waals surface area contributed by atoms with Crippen molar-refractivity contribution >= 4 is 11.5 Å². The van der Waals surface area contributed by atoms with Gasteiger partial charge in [0, 0.05) is 26.3 Å². The summed E-state index contributed by atoms with van der Waals surface area (Å²) in [4.78, 5) is 2.31. The van der Waals surface area contributed by atoms with Gasteiger partial charge in [-0.2, -0.15) is 5.10 Å². The summed E-state index contributed by atoms with van der Waals surface area (Å²) in [5, 5.41) is 4.42. The van der Waals surface area contributed by atoms with Crippen LogP contribution in [0.3, 0.4) is 0 Å². The molecule has 16 heavy (non-hydrogen) atoms. The molecule has 0 aromatic carbocycles. The molecule has 4 heteroatoms. The molecular weight excluding hydrogens is 200 g/mol. The maximum atomic E-state index is 5.94. The van der Waals surface area contributed by atoms with Gasteiger partial charge in [-0.1, -0.05) is 13.8 Å². The van der Waals surface area contributed by atoms with E-state index in [2.05, 4.69) is 23.8 Å². The van der Waals surface area contributed by atoms with Crippen molar-refractivity contribution in [1.29, 1.82) is 0 Å². The number of hydrogen-bond acceptors (Lipinski definition) is 3. The Morgan fingerprint density at radius 1 is 1.38 bits per heavy atom. The van der Waals surface area contributed by atoms with Crippen molar-refractivity contribution in [2.24, 2.45) is 18.9 Å². The minimum atomic E-state index is 0.795. The lowest BCUT2D eigenvalue weighted by molar-refractivity contribution is 0.310. The van der Waals surface area contributed by atoms with Crippen LogP contribution in [-0.2, 0) is 7.05 Å². The highest BCUT2D eigenvalue weighted by Gasteiger charge is 2.23. The first-order chi connectivity index (χ1) is 7.58. The number of nitrogens with two attached hydrogens (primary N) is 1. The SMILES string of the molecule is CC(C)C1CCN(c2nn(C)cc2N)CC1. The highest BCUT2D eigenvalue weighted by Crippen LogP contribution is 2.29. The van der Waals surface area contributed by atoms with E-state index in [1.54, 1.807) is 4.68 Å². The predicted octanol–water partition coefficient (Wildman–Crippen LogP) is 1.87. The van der Waals surface area contributed by atoms with Crippen molar-refractivity contribution < 1.29 is 0 Å². The van der Waals surface area contributed by atoms with E-state index in [4.69, 9.17) is 5.73 Å². The number of aromatic nitrogens is 2. The molecule has 0 unspecified atom stereocenters. The van der Waals surface area contributed by atoms with Gasteiger partial charge in [0.2, 0.25) is 0 Å². The summed E-state index contributed by atoms with van der Waals surface area (Å²) in [5.74, 6) is 2.62. The molecule has 1 aliphatic heterocycles. The number of piperidine rings is 1. The monoisotopic (exact) mass is 222 g/mol. The molecule has 2 rings (SSSR count). The van der Waals surface area contributed by atoms with Crippen molar-refractivity contribution in [3.05, 3.63) is 6.20 Å². The number of rotatable bonds is 2. The quantitative estimate of drug-likeness (QED) is 0.831. The molecular formula is C12H22N4. The summed E-state index contributed by atoms with van der Waals surface area (Å²) in [7, 11) is 1.92. The Kier molecular flexibility index (Phi) is 3.08. The smallest absolute Gasteiger partial charge is 0.173 e. The van der Waals surface area contributed by atoms with Gasteiger partial charge in [-0.05, 0) is 24.7 Å². The Bertz CT molecular complexity index is 348. The number of aryl methyl sites for hydroxylation is 1. The molecule has 1 aromatic heterocycles. The van der Waals surface area contributed by atoms with Crippen molar-refractivity contribution in [3.8, 4) is 0 Å². The number of hydrogen-bond donors (Lipinski definition) is 1. The lowest BCUT2D eigenvalue weighted by Crippen LogP contribution is -2.35. The normalized spacial score (nSPS) is 18.4. The van der Waals surface area contributed by atoms with Crippen LogP contribution >= 0.6 is 0 Å². The summed E-state index contributed by atoms with van der Waals surface area (Å²) in [5.41, 5.74) is 6.74. The fraction of sp³-hybridized carbons (Fsp3) is 0.750. The van der Waals surface area contributed by atoms with Gasteiger partial charge >= 0.3 is 0 Å². The zero-order valence-electron chi connectivity index (χ0n) is 10.5. The Morgan fingerprint density at radius 2 is 2.00 bits per heavy atom. The third kappa shape index (κ3) is 2.15. The van der Waals surface area contributed by atoms with Gasteiger partial charge in [-0.3, -0.25) is 4.68 Å². The fourth-order valence-corrected chi connectivity index (χ4v) is 2.52. The third-order valence-electron chi connectivity index (χ3n) is 3.62. The molecule has 1 aromatic rings. The summed E-state index contributed by atoms with van der Waals surface area (Å²) in [6.07, 6.45) is 4.39. The van der Waals surface area contributed by atoms with Crippen molar-refractivity contribution in [2.75, 3.05) is 23.7 Å². The second-order valence-electron chi connectivity index (χ2n) is 5.15. The van der Waals surface area contributed by atoms with Crippen LogP contribution in [0.4, 0.5) is 11.5 Å². The largest absolute Gasteiger partial charge is 0.394 e. The molecule has 1 fully saturated rings. The third-order valence-corrected chi connectivity index (χ3v) is 3.62. The van der Waals surface area contributed by atoms with E-state index in [9.17, 15) is 0 Å². The van der Waals surface area contributed by atoms with E-state index < -0.39 is 0 Å². The van der Waals surface area contributed by atoms with Gasteiger partial charge in [0.25, 0.3) is 0 Å². The lowest BCUT2D eigenvalue weighted by atomic mass is 9.87. The highest BCUT2D eigenvalue weighted by molar-refractivity contribution is 5.61. The van der Waals surface area contributed by atoms with Crippen LogP contribution < -0.4 is 10.6 Å². The van der Waals surface area contributed by atoms with Crippen LogP contribution in [0.15, 0.2) is 6.20 Å². The average Bonchev–Trinajstić information content (AvgIpc) is 2.58. The molecule has 1 saturated heterocycles. The molecule has 0 aliphatic carbocycles. The molecule has 2 N–H and O–H groups in total. The first-order valence-corrected chi connectivity index (χ1v) is 6.12. The molecule has 0 bridgehead atoms. The molecule has 4 nitrogen and oxygen atoms in total. The molecule has 0 spiro atoms. The van der Waals surface area contributed by atoms with Gasteiger partial charge in [-0.15, -0.1) is 0 Å². The van der Waals surface area contributed by atoms with Crippen molar-refractivity contribution in [2.45, 2.75) is 26.7 Å². The molecule has 0 radical (unpaired) electrons. The number of nitrogens with zero attached hydrogens (tertiary/aromatic N) is 3. The fourth-order valence-electron chi connectivity index (χ4n) is 2.52. The van der Waals surface area contributed by atoms with E-state index in [0.29, 0.717) is 0 Å². The summed E-state index contributed by atoms with van der Waals surface area (Å²) in [6, 6.07) is 0. The molecule has 0 atom stereocenters. The van der Waals surface area contributed by atoms with E-state index in [-0.39, 0.29) is 0 Å². The minimum absolute atomic E-state index is 0.795. The van der Waals surface area contributed by atoms with Gasteiger partial charge in [0.1, 0.15) is 0 Å². The molecule has 90 valence electrons. The molecule has 1 aliphatic rings. The van der Waals surface area contributed by atoms with Gasteiger partial charge in [0.05, 0.1) is 5.69 Å². The average molecular weight is 222 g/mol. The zero-order valence-corrected chi connectivity index (χ0v) is 10.5. The van der Waals surface area contributed by atoms with Crippen LogP contribution in [0.5, 0.6) is 0 Å². The standard InChI is InChI=1S/C12H22N4/c1-9(2)10-4-6-16(7-5-10)12-11(13)8-15(3)14-12/h8-10H,4-7,13H2,1-3H3. The second-order valence-corrected chi connectivity index (χ2v) is 5.15. The maximum absolute atomic E-state index is 5.94. The van der Waals surface area contributed by atoms with E-state index in [1.165, 1.54) is 12.8 Å². The lowest BCUT2D eigenvalue weighted by Gasteiger charge is -2.34. The molecule has 0 saturated carbocycles. The summed E-state index contributed by atoms with van der Waals surface area (Å²) >= 11 is 0. The van der Waals surface area contributed by atoms with Crippen LogP contribution in [0.25, 0.3) is 0 Å². The maximum Gasteiger partial charge on any atom is 0.173 e. The van der Waals surface area contributed by atoms with Gasteiger partial charge in [0.15, 0.2) is 5.82 Å². The Labute approximate surface area is 97.4 Å². The van der Waals surface area contributed by atoms with Crippen LogP contribution in [0, 0.1) is 11.8 Å². The first-order valence-electron chi connectivity index (χ1n) is 6.12. The van der Waals surface area contributed by atoms with Crippen molar-refractivity contribution in [3.63, 3.8) is 0 Å². The summed E-state index contributed by atoms with van der Waals surface area (Å²) < 4.78 is 1.79. The zero-order chi connectivity index (χ0) is 11.7. The Hall–Kier alpha value is -1.19. The van der Waals surface area contributed by atoms with Crippen LogP contribution in [0.2, 0.25) is 0 Å². The first kappa shape index (κ1) is 11.3. The van der Waals surface area contributed by atoms with Gasteiger partial charge in [-0.25, -0.2) is 0 Å². The topological polar surface area (TPSA) is 47.1 Å². The number of nitrogen functional groups attached to an aromatic ring is 1. The second kappa shape index (κ2) is 4.36. The number of anilines is 2. The molecule has 0 amide bonds. The Morgan fingerprint density at radius 3 is 2.44 bits per heavy atom. The van der Waals surface area contributed by atoms with Gasteiger partial charge < -0.3 is 10.6 Å². The predicted molar refractivity (Wildman–Crippen MR) is 67.4 cm³/mol. The van der Waals surface area contributed by atoms with E-state index >= 15 is 0 Å². The highest BCUT2D eigenvalue weighted by atomic mass is 15.3. The van der Waals surface area contributed by atoms with Crippen LogP contribution in [-0.4, -0.2) is 22.9 Å². The molecule has 2 heterocycles. The van der Waals surface area contributed by atoms with E-state index in [0.717, 1.165) is 36.4 Å². The van der Waals surface area contributed by atoms with Crippen LogP contribution in [0.1, 0.15) is 26.7 Å². The minimum Gasteiger partial charge on any atom is -0.394 e. The summed E-state index contributed by atoms with van der Waals surface area (Å²) in [6.45, 7) is 6.80. The Balaban J connectivity index is 2.01.